The number of aliphatic hydroxyl groups excluding tert-OH is 1. The number of hydrogen-bond donors (Lipinski definition) is 5. The highest BCUT2D eigenvalue weighted by Crippen LogP contribution is 2.78. The minimum absolute atomic E-state index is 0.0283. The van der Waals surface area contributed by atoms with Crippen molar-refractivity contribution in [1.29, 1.82) is 0 Å². The highest BCUT2D eigenvalue weighted by atomic mass is 35.5. The average Bonchev–Trinajstić information content (AvgIpc) is 3.53. The number of alkyl halides is 3. The van der Waals surface area contributed by atoms with Crippen LogP contribution in [0.1, 0.15) is 62.2 Å². The lowest BCUT2D eigenvalue weighted by Crippen LogP contribution is -2.71. The van der Waals surface area contributed by atoms with Gasteiger partial charge in [-0.05, 0) is 57.9 Å². The molecule has 2 bridgehead atoms. The number of aromatic nitrogens is 1. The van der Waals surface area contributed by atoms with E-state index in [2.05, 4.69) is 26.3 Å². The van der Waals surface area contributed by atoms with Crippen molar-refractivity contribution in [1.82, 2.24) is 20.9 Å². The molecular formula is C25H29ClF3N5O5. The van der Waals surface area contributed by atoms with Crippen molar-refractivity contribution < 1.29 is 37.5 Å². The summed E-state index contributed by atoms with van der Waals surface area (Å²) in [5, 5.41) is 21.4. The Labute approximate surface area is 226 Å². The summed E-state index contributed by atoms with van der Waals surface area (Å²) in [5.74, 6) is -3.22. The molecule has 5 fully saturated rings. The molecule has 1 aliphatic heterocycles. The summed E-state index contributed by atoms with van der Waals surface area (Å²) in [4.78, 5) is 55.2. The van der Waals surface area contributed by atoms with Gasteiger partial charge in [0, 0.05) is 24.2 Å². The minimum Gasteiger partial charge on any atom is -0.381 e. The zero-order valence-electron chi connectivity index (χ0n) is 21.0. The average molecular weight is 572 g/mol. The highest BCUT2D eigenvalue weighted by Gasteiger charge is 2.81. The van der Waals surface area contributed by atoms with Crippen LogP contribution in [0.4, 0.5) is 19.0 Å². The molecule has 14 heteroatoms. The summed E-state index contributed by atoms with van der Waals surface area (Å²) in [7, 11) is 0. The fourth-order valence-electron chi connectivity index (χ4n) is 5.95. The van der Waals surface area contributed by atoms with Crippen molar-refractivity contribution in [2.45, 2.75) is 82.3 Å². The summed E-state index contributed by atoms with van der Waals surface area (Å²) in [6, 6.07) is -0.102. The van der Waals surface area contributed by atoms with Gasteiger partial charge >= 0.3 is 6.18 Å². The van der Waals surface area contributed by atoms with E-state index in [9.17, 15) is 37.5 Å². The number of rotatable bonds is 9. The SMILES string of the molecule is C[C@@H]1C[C@@H](CC(NC(=O)c2cc(Cl)cnc2NC(=O)C23CC(C(F)(F)F)(C2)C3)C(O)C(=O)NC2CC2)C(=O)N1. The molecule has 4 saturated carbocycles. The summed E-state index contributed by atoms with van der Waals surface area (Å²) in [5.41, 5.74) is -3.19. The van der Waals surface area contributed by atoms with Gasteiger partial charge in [0.05, 0.1) is 27.5 Å². The molecule has 0 radical (unpaired) electrons. The van der Waals surface area contributed by atoms with Crippen molar-refractivity contribution >= 4 is 41.0 Å². The normalized spacial score (nSPS) is 30.8. The Kier molecular flexibility index (Phi) is 6.81. The summed E-state index contributed by atoms with van der Waals surface area (Å²) < 4.78 is 39.7. The third kappa shape index (κ3) is 5.18. The van der Waals surface area contributed by atoms with Gasteiger partial charge in [0.15, 0.2) is 6.10 Å². The Morgan fingerprint density at radius 2 is 1.92 bits per heavy atom. The molecule has 1 aromatic rings. The number of halogens is 4. The zero-order valence-corrected chi connectivity index (χ0v) is 21.8. The second-order valence-corrected chi connectivity index (χ2v) is 11.9. The topological polar surface area (TPSA) is 150 Å². The van der Waals surface area contributed by atoms with E-state index in [4.69, 9.17) is 11.6 Å². The molecule has 1 saturated heterocycles. The predicted octanol–water partition coefficient (Wildman–Crippen LogP) is 2.06. The Hall–Kier alpha value is -2.93. The van der Waals surface area contributed by atoms with Crippen molar-refractivity contribution in [3.63, 3.8) is 0 Å². The van der Waals surface area contributed by atoms with Gasteiger partial charge in [0.2, 0.25) is 11.8 Å². The predicted molar refractivity (Wildman–Crippen MR) is 131 cm³/mol. The fourth-order valence-corrected chi connectivity index (χ4v) is 6.11. The molecule has 4 amide bonds. The van der Waals surface area contributed by atoms with E-state index in [1.807, 2.05) is 6.92 Å². The number of carbonyl (C=O) groups is 4. The van der Waals surface area contributed by atoms with Crippen molar-refractivity contribution in [2.75, 3.05) is 5.32 Å². The molecule has 5 N–H and O–H groups in total. The standard InChI is InChI=1S/C25H29ClF3N5O5/c1-11-4-12(19(36)31-11)5-16(17(35)21(38)32-14-2-3-14)33-20(37)15-6-13(26)7-30-18(15)34-22(39)23-8-24(9-23,10-23)25(27,28)29/h6-7,11-12,14,16-17,35H,2-5,8-10H2,1H3,(H,31,36)(H,32,38)(H,33,37)(H,30,34,39)/t11-,12+,16?,17?,23?,24?/m1/s1. The van der Waals surface area contributed by atoms with Crippen LogP contribution >= 0.6 is 11.6 Å². The van der Waals surface area contributed by atoms with E-state index in [0.29, 0.717) is 6.42 Å². The molecule has 4 atom stereocenters. The van der Waals surface area contributed by atoms with Gasteiger partial charge in [-0.3, -0.25) is 19.2 Å². The minimum atomic E-state index is -4.38. The molecule has 1 aromatic heterocycles. The van der Waals surface area contributed by atoms with Crippen LogP contribution in [0, 0.1) is 16.7 Å². The van der Waals surface area contributed by atoms with Crippen molar-refractivity contribution in [3.8, 4) is 0 Å². The first kappa shape index (κ1) is 27.6. The first-order chi connectivity index (χ1) is 18.2. The van der Waals surface area contributed by atoms with Crippen LogP contribution in [-0.4, -0.2) is 64.1 Å². The molecule has 0 spiro atoms. The van der Waals surface area contributed by atoms with E-state index in [0.717, 1.165) is 12.8 Å². The molecule has 0 aromatic carbocycles. The Balaban J connectivity index is 1.31. The highest BCUT2D eigenvalue weighted by molar-refractivity contribution is 6.31. The molecular weight excluding hydrogens is 543 g/mol. The van der Waals surface area contributed by atoms with Crippen LogP contribution in [0.2, 0.25) is 5.02 Å². The van der Waals surface area contributed by atoms with Gasteiger partial charge in [0.1, 0.15) is 5.82 Å². The first-order valence-electron chi connectivity index (χ1n) is 12.9. The van der Waals surface area contributed by atoms with Crippen LogP contribution in [0.25, 0.3) is 0 Å². The van der Waals surface area contributed by atoms with Gasteiger partial charge in [0.25, 0.3) is 11.8 Å². The zero-order chi connectivity index (χ0) is 28.3. The fraction of sp³-hybridized carbons (Fsp3) is 0.640. The van der Waals surface area contributed by atoms with E-state index >= 15 is 0 Å². The monoisotopic (exact) mass is 571 g/mol. The van der Waals surface area contributed by atoms with Crippen molar-refractivity contribution in [3.05, 3.63) is 22.8 Å². The van der Waals surface area contributed by atoms with Crippen LogP contribution < -0.4 is 21.3 Å². The Morgan fingerprint density at radius 3 is 2.49 bits per heavy atom. The Bertz CT molecular complexity index is 1200. The lowest BCUT2D eigenvalue weighted by atomic mass is 9.34. The molecule has 4 aliphatic carbocycles. The van der Waals surface area contributed by atoms with Crippen LogP contribution in [0.5, 0.6) is 0 Å². The first-order valence-corrected chi connectivity index (χ1v) is 13.2. The maximum atomic E-state index is 13.4. The second-order valence-electron chi connectivity index (χ2n) is 11.5. The summed E-state index contributed by atoms with van der Waals surface area (Å²) in [6.07, 6.45) is -3.86. The molecule has 6 rings (SSSR count). The van der Waals surface area contributed by atoms with Crippen LogP contribution in [0.15, 0.2) is 12.3 Å². The van der Waals surface area contributed by atoms with E-state index in [1.54, 1.807) is 0 Å². The number of anilines is 1. The second kappa shape index (κ2) is 9.61. The number of pyridine rings is 1. The number of amides is 4. The quantitative estimate of drug-likeness (QED) is 0.306. The van der Waals surface area contributed by atoms with E-state index in [1.165, 1.54) is 12.3 Å². The molecule has 10 nitrogen and oxygen atoms in total. The molecule has 39 heavy (non-hydrogen) atoms. The third-order valence-electron chi connectivity index (χ3n) is 8.27. The lowest BCUT2D eigenvalue weighted by Gasteiger charge is -2.68. The molecule has 5 aliphatic rings. The molecule has 2 heterocycles. The number of carbonyl (C=O) groups excluding carboxylic acids is 4. The van der Waals surface area contributed by atoms with Gasteiger partial charge in [-0.2, -0.15) is 13.2 Å². The van der Waals surface area contributed by atoms with Gasteiger partial charge in [-0.1, -0.05) is 11.6 Å². The van der Waals surface area contributed by atoms with Gasteiger partial charge < -0.3 is 26.4 Å². The maximum Gasteiger partial charge on any atom is 0.394 e. The number of nitrogens with one attached hydrogen (secondary N) is 4. The summed E-state index contributed by atoms with van der Waals surface area (Å²) in [6.45, 7) is 1.82. The van der Waals surface area contributed by atoms with Crippen LogP contribution in [-0.2, 0) is 14.4 Å². The van der Waals surface area contributed by atoms with E-state index < -0.39 is 52.8 Å². The van der Waals surface area contributed by atoms with E-state index in [-0.39, 0.29) is 60.1 Å². The van der Waals surface area contributed by atoms with Crippen molar-refractivity contribution in [2.24, 2.45) is 16.7 Å². The largest absolute Gasteiger partial charge is 0.394 e. The van der Waals surface area contributed by atoms with Crippen LogP contribution in [0.3, 0.4) is 0 Å². The smallest absolute Gasteiger partial charge is 0.381 e. The van der Waals surface area contributed by atoms with Gasteiger partial charge in [-0.15, -0.1) is 0 Å². The molecule has 212 valence electrons. The van der Waals surface area contributed by atoms with Gasteiger partial charge in [-0.25, -0.2) is 4.98 Å². The molecule has 2 unspecified atom stereocenters. The maximum absolute atomic E-state index is 13.4. The third-order valence-corrected chi connectivity index (χ3v) is 8.48. The number of hydrogen-bond acceptors (Lipinski definition) is 6. The Morgan fingerprint density at radius 1 is 1.26 bits per heavy atom. The lowest BCUT2D eigenvalue weighted by molar-refractivity contribution is -0.349. The number of aliphatic hydroxyl groups is 1. The summed E-state index contributed by atoms with van der Waals surface area (Å²) >= 11 is 6.04. The number of nitrogens with zero attached hydrogens (tertiary/aromatic N) is 1.